The van der Waals surface area contributed by atoms with E-state index < -0.39 is 23.4 Å². The summed E-state index contributed by atoms with van der Waals surface area (Å²) >= 11 is 1.18. The fraction of sp³-hybridized carbons (Fsp3) is 0.421. The molecule has 0 bridgehead atoms. The van der Waals surface area contributed by atoms with E-state index in [1.54, 1.807) is 59.9 Å². The van der Waals surface area contributed by atoms with Crippen molar-refractivity contribution in [1.82, 2.24) is 4.98 Å². The summed E-state index contributed by atoms with van der Waals surface area (Å²) in [4.78, 5) is 31.1. The molecule has 2 rings (SSSR count). The summed E-state index contributed by atoms with van der Waals surface area (Å²) in [5, 5.41) is 0.172. The van der Waals surface area contributed by atoms with Gasteiger partial charge in [-0.3, -0.25) is 0 Å². The third kappa shape index (κ3) is 5.96. The van der Waals surface area contributed by atoms with Gasteiger partial charge in [0.1, 0.15) is 11.2 Å². The van der Waals surface area contributed by atoms with Crippen LogP contribution in [0.4, 0.5) is 20.4 Å². The predicted octanol–water partition coefficient (Wildman–Crippen LogP) is 5.07. The Balaban J connectivity index is 2.37. The largest absolute Gasteiger partial charge is 0.443 e. The van der Waals surface area contributed by atoms with E-state index in [9.17, 15) is 9.59 Å². The Morgan fingerprint density at radius 1 is 0.963 bits per heavy atom. The predicted molar refractivity (Wildman–Crippen MR) is 107 cm³/mol. The third-order valence-electron chi connectivity index (χ3n) is 3.03. The molecule has 0 radical (unpaired) electrons. The molecule has 0 saturated heterocycles. The molecule has 2 aromatic rings. The van der Waals surface area contributed by atoms with E-state index in [-0.39, 0.29) is 5.13 Å². The molecule has 2 amide bonds. The summed E-state index contributed by atoms with van der Waals surface area (Å²) < 4.78 is 10.7. The Labute approximate surface area is 163 Å². The first-order valence-corrected chi connectivity index (χ1v) is 9.25. The van der Waals surface area contributed by atoms with E-state index in [1.807, 2.05) is 12.1 Å². The number of benzene rings is 1. The average Bonchev–Trinajstić information content (AvgIpc) is 2.93. The molecule has 1 aromatic heterocycles. The summed E-state index contributed by atoms with van der Waals surface area (Å²) in [7, 11) is 0. The number of rotatable bonds is 2. The molecule has 0 aliphatic rings. The SMILES string of the molecule is CC(C)(C)OC(=O)N(C(=O)OC(C)(C)C)c1ncc(-c2ccc(N)cc2)s1. The van der Waals surface area contributed by atoms with Crippen molar-refractivity contribution in [2.75, 3.05) is 10.6 Å². The Hall–Kier alpha value is -2.61. The highest BCUT2D eigenvalue weighted by molar-refractivity contribution is 7.19. The highest BCUT2D eigenvalue weighted by Gasteiger charge is 2.34. The van der Waals surface area contributed by atoms with E-state index in [0.29, 0.717) is 5.69 Å². The maximum atomic E-state index is 12.6. The van der Waals surface area contributed by atoms with Crippen LogP contribution in [-0.4, -0.2) is 28.4 Å². The Morgan fingerprint density at radius 3 is 1.89 bits per heavy atom. The average molecular weight is 391 g/mol. The monoisotopic (exact) mass is 391 g/mol. The molecule has 2 N–H and O–H groups in total. The number of ether oxygens (including phenoxy) is 2. The van der Waals surface area contributed by atoms with Crippen LogP contribution >= 0.6 is 11.3 Å². The molecule has 0 atom stereocenters. The van der Waals surface area contributed by atoms with Crippen LogP contribution < -0.4 is 10.6 Å². The number of amides is 2. The lowest BCUT2D eigenvalue weighted by Crippen LogP contribution is -2.43. The van der Waals surface area contributed by atoms with Gasteiger partial charge in [0, 0.05) is 11.9 Å². The lowest BCUT2D eigenvalue weighted by molar-refractivity contribution is 0.0430. The first kappa shape index (κ1) is 20.7. The van der Waals surface area contributed by atoms with Gasteiger partial charge >= 0.3 is 12.2 Å². The first-order chi connectivity index (χ1) is 12.4. The van der Waals surface area contributed by atoms with Gasteiger partial charge in [-0.25, -0.2) is 14.6 Å². The van der Waals surface area contributed by atoms with Crippen molar-refractivity contribution < 1.29 is 19.1 Å². The standard InChI is InChI=1S/C19H25N3O4S/c1-18(2,3)25-16(23)22(17(24)26-19(4,5)6)15-21-11-14(27-15)12-7-9-13(20)10-8-12/h7-11H,20H2,1-6H3. The molecule has 1 aromatic carbocycles. The van der Waals surface area contributed by atoms with Crippen LogP contribution in [0.15, 0.2) is 30.5 Å². The number of carbonyl (C=O) groups is 2. The van der Waals surface area contributed by atoms with Crippen LogP contribution in [0.5, 0.6) is 0 Å². The van der Waals surface area contributed by atoms with Gasteiger partial charge in [0.2, 0.25) is 5.13 Å². The molecular formula is C19H25N3O4S. The van der Waals surface area contributed by atoms with E-state index in [1.165, 1.54) is 11.3 Å². The van der Waals surface area contributed by atoms with Crippen LogP contribution in [0.3, 0.4) is 0 Å². The van der Waals surface area contributed by atoms with E-state index >= 15 is 0 Å². The lowest BCUT2D eigenvalue weighted by Gasteiger charge is -2.27. The Morgan fingerprint density at radius 2 is 1.44 bits per heavy atom. The van der Waals surface area contributed by atoms with Gasteiger partial charge in [0.25, 0.3) is 0 Å². The minimum absolute atomic E-state index is 0.172. The number of hydrogen-bond acceptors (Lipinski definition) is 7. The van der Waals surface area contributed by atoms with E-state index in [4.69, 9.17) is 15.2 Å². The maximum absolute atomic E-state index is 12.6. The summed E-state index contributed by atoms with van der Waals surface area (Å²) in [5.74, 6) is 0. The van der Waals surface area contributed by atoms with Gasteiger partial charge in [-0.2, -0.15) is 4.90 Å². The van der Waals surface area contributed by atoms with Crippen molar-refractivity contribution in [3.05, 3.63) is 30.5 Å². The molecule has 7 nitrogen and oxygen atoms in total. The molecule has 27 heavy (non-hydrogen) atoms. The second-order valence-corrected chi connectivity index (χ2v) is 8.93. The minimum Gasteiger partial charge on any atom is -0.443 e. The topological polar surface area (TPSA) is 94.8 Å². The second-order valence-electron chi connectivity index (χ2n) is 7.93. The van der Waals surface area contributed by atoms with Crippen molar-refractivity contribution in [3.63, 3.8) is 0 Å². The molecule has 0 aliphatic carbocycles. The molecule has 0 fully saturated rings. The van der Waals surface area contributed by atoms with Gasteiger partial charge in [0.05, 0.1) is 4.88 Å². The summed E-state index contributed by atoms with van der Waals surface area (Å²) in [6.45, 7) is 10.3. The zero-order chi connectivity index (χ0) is 20.4. The van der Waals surface area contributed by atoms with E-state index in [2.05, 4.69) is 4.98 Å². The molecule has 1 heterocycles. The fourth-order valence-electron chi connectivity index (χ4n) is 1.99. The number of thiazole rings is 1. The number of anilines is 2. The summed E-state index contributed by atoms with van der Waals surface area (Å²) in [6, 6.07) is 7.23. The quantitative estimate of drug-likeness (QED) is 0.718. The van der Waals surface area contributed by atoms with Gasteiger partial charge in [-0.15, -0.1) is 0 Å². The van der Waals surface area contributed by atoms with Crippen LogP contribution in [0.2, 0.25) is 0 Å². The highest BCUT2D eigenvalue weighted by atomic mass is 32.1. The van der Waals surface area contributed by atoms with Crippen LogP contribution in [0.25, 0.3) is 10.4 Å². The first-order valence-electron chi connectivity index (χ1n) is 8.43. The van der Waals surface area contributed by atoms with Crippen LogP contribution in [0.1, 0.15) is 41.5 Å². The number of nitrogens with zero attached hydrogens (tertiary/aromatic N) is 2. The van der Waals surface area contributed by atoms with Crippen LogP contribution in [0, 0.1) is 0 Å². The van der Waals surface area contributed by atoms with Crippen molar-refractivity contribution in [2.45, 2.75) is 52.7 Å². The number of imide groups is 1. The van der Waals surface area contributed by atoms with E-state index in [0.717, 1.165) is 15.3 Å². The molecule has 146 valence electrons. The summed E-state index contributed by atoms with van der Waals surface area (Å²) in [6.07, 6.45) is -0.0855. The number of nitrogen functional groups attached to an aromatic ring is 1. The fourth-order valence-corrected chi connectivity index (χ4v) is 2.90. The van der Waals surface area contributed by atoms with Gasteiger partial charge in [-0.1, -0.05) is 23.5 Å². The molecule has 0 aliphatic heterocycles. The Bertz CT molecular complexity index is 789. The zero-order valence-electron chi connectivity index (χ0n) is 16.4. The van der Waals surface area contributed by atoms with Gasteiger partial charge < -0.3 is 15.2 Å². The molecule has 0 unspecified atom stereocenters. The summed E-state index contributed by atoms with van der Waals surface area (Å²) in [5.41, 5.74) is 5.70. The number of nitrogens with two attached hydrogens (primary N) is 1. The van der Waals surface area contributed by atoms with Crippen molar-refractivity contribution in [1.29, 1.82) is 0 Å². The Kier molecular flexibility index (Phi) is 5.79. The highest BCUT2D eigenvalue weighted by Crippen LogP contribution is 2.33. The minimum atomic E-state index is -0.838. The van der Waals surface area contributed by atoms with Crippen molar-refractivity contribution in [2.24, 2.45) is 0 Å². The van der Waals surface area contributed by atoms with Crippen LogP contribution in [-0.2, 0) is 9.47 Å². The molecule has 8 heteroatoms. The smallest absolute Gasteiger partial charge is 0.426 e. The third-order valence-corrected chi connectivity index (χ3v) is 4.06. The van der Waals surface area contributed by atoms with Crippen molar-refractivity contribution in [3.8, 4) is 10.4 Å². The lowest BCUT2D eigenvalue weighted by atomic mass is 10.2. The van der Waals surface area contributed by atoms with Gasteiger partial charge in [0.15, 0.2) is 0 Å². The van der Waals surface area contributed by atoms with Crippen molar-refractivity contribution >= 4 is 34.3 Å². The zero-order valence-corrected chi connectivity index (χ0v) is 17.2. The maximum Gasteiger partial charge on any atom is 0.426 e. The molecule has 0 spiro atoms. The number of aromatic nitrogens is 1. The molecule has 0 saturated carbocycles. The number of hydrogen-bond donors (Lipinski definition) is 1. The molecular weight excluding hydrogens is 366 g/mol. The second kappa shape index (κ2) is 7.56. The normalized spacial score (nSPS) is 11.8. The number of carbonyl (C=O) groups excluding carboxylic acids is 2. The van der Waals surface area contributed by atoms with Gasteiger partial charge in [-0.05, 0) is 59.2 Å².